The topological polar surface area (TPSA) is 52.4 Å². The number of nitriles is 1. The molecular weight excluding hydrogens is 336 g/mol. The normalized spacial score (nSPS) is 13.9. The van der Waals surface area contributed by atoms with E-state index in [9.17, 15) is 0 Å². The van der Waals surface area contributed by atoms with Crippen LogP contribution >= 0.6 is 0 Å². The Hall–Kier alpha value is -3.52. The van der Waals surface area contributed by atoms with Crippen LogP contribution in [-0.4, -0.2) is 31.2 Å². The second kappa shape index (κ2) is 7.79. The highest BCUT2D eigenvalue weighted by molar-refractivity contribution is 5.53. The van der Waals surface area contributed by atoms with Gasteiger partial charge in [-0.1, -0.05) is 0 Å². The summed E-state index contributed by atoms with van der Waals surface area (Å²) < 4.78 is 5.85. The van der Waals surface area contributed by atoms with Gasteiger partial charge in [-0.05, 0) is 60.7 Å². The molecule has 4 rings (SSSR count). The van der Waals surface area contributed by atoms with Crippen molar-refractivity contribution in [3.63, 3.8) is 0 Å². The molecule has 2 heterocycles. The average Bonchev–Trinajstić information content (AvgIpc) is 2.76. The monoisotopic (exact) mass is 356 g/mol. The van der Waals surface area contributed by atoms with Crippen molar-refractivity contribution < 1.29 is 4.74 Å². The Balaban J connectivity index is 1.36. The highest BCUT2D eigenvalue weighted by atomic mass is 16.5. The smallest absolute Gasteiger partial charge is 0.127 e. The summed E-state index contributed by atoms with van der Waals surface area (Å²) in [5, 5.41) is 8.85. The minimum absolute atomic E-state index is 0.628. The highest BCUT2D eigenvalue weighted by Crippen LogP contribution is 2.26. The van der Waals surface area contributed by atoms with Gasteiger partial charge in [0.2, 0.25) is 0 Å². The van der Waals surface area contributed by atoms with E-state index >= 15 is 0 Å². The molecule has 3 aromatic rings. The number of pyridine rings is 1. The molecule has 0 N–H and O–H groups in total. The molecule has 0 saturated carbocycles. The number of hydrogen-bond donors (Lipinski definition) is 0. The van der Waals surface area contributed by atoms with E-state index in [4.69, 9.17) is 10.00 Å². The molecule has 0 amide bonds. The fraction of sp³-hybridized carbons (Fsp3) is 0.182. The molecule has 0 radical (unpaired) electrons. The lowest BCUT2D eigenvalue weighted by atomic mass is 10.2. The molecule has 2 aromatic carbocycles. The third-order valence-electron chi connectivity index (χ3n) is 4.73. The summed E-state index contributed by atoms with van der Waals surface area (Å²) >= 11 is 0. The van der Waals surface area contributed by atoms with E-state index < -0.39 is 0 Å². The first kappa shape index (κ1) is 16.9. The van der Waals surface area contributed by atoms with E-state index in [1.54, 1.807) is 12.1 Å². The zero-order valence-corrected chi connectivity index (χ0v) is 15.0. The van der Waals surface area contributed by atoms with Crippen LogP contribution in [0.1, 0.15) is 5.56 Å². The Labute approximate surface area is 159 Å². The third kappa shape index (κ3) is 4.01. The van der Waals surface area contributed by atoms with Crippen LogP contribution in [0.25, 0.3) is 0 Å². The van der Waals surface area contributed by atoms with Crippen LogP contribution < -0.4 is 14.5 Å². The lowest BCUT2D eigenvalue weighted by Gasteiger charge is -2.37. The van der Waals surface area contributed by atoms with E-state index in [0.29, 0.717) is 5.56 Å². The second-order valence-corrected chi connectivity index (χ2v) is 6.41. The largest absolute Gasteiger partial charge is 0.457 e. The van der Waals surface area contributed by atoms with Crippen molar-refractivity contribution in [1.82, 2.24) is 4.98 Å². The summed E-state index contributed by atoms with van der Waals surface area (Å²) in [5.74, 6) is 1.52. The van der Waals surface area contributed by atoms with Crippen LogP contribution in [0.3, 0.4) is 0 Å². The van der Waals surface area contributed by atoms with Crippen LogP contribution in [0, 0.1) is 11.3 Å². The average molecular weight is 356 g/mol. The standard InChI is InChI=1S/C22H20N4O/c23-17-18-1-5-21(6-2-18)27-22-7-3-19(4-8-22)25-13-15-26(16-14-25)20-9-11-24-12-10-20/h1-12H,13-16H2. The first-order valence-electron chi connectivity index (χ1n) is 9.00. The van der Waals surface area contributed by atoms with Gasteiger partial charge < -0.3 is 14.5 Å². The van der Waals surface area contributed by atoms with Gasteiger partial charge in [-0.2, -0.15) is 5.26 Å². The molecule has 134 valence electrons. The van der Waals surface area contributed by atoms with E-state index in [0.717, 1.165) is 37.7 Å². The van der Waals surface area contributed by atoms with Gasteiger partial charge in [0, 0.05) is 49.9 Å². The van der Waals surface area contributed by atoms with Crippen molar-refractivity contribution in [2.45, 2.75) is 0 Å². The Morgan fingerprint density at radius 1 is 0.704 bits per heavy atom. The number of aromatic nitrogens is 1. The fourth-order valence-electron chi connectivity index (χ4n) is 3.24. The van der Waals surface area contributed by atoms with Crippen LogP contribution in [0.15, 0.2) is 73.1 Å². The molecule has 0 spiro atoms. The lowest BCUT2D eigenvalue weighted by molar-refractivity contribution is 0.482. The zero-order chi connectivity index (χ0) is 18.5. The number of piperazine rings is 1. The van der Waals surface area contributed by atoms with Crippen LogP contribution in [0.2, 0.25) is 0 Å². The molecule has 5 nitrogen and oxygen atoms in total. The zero-order valence-electron chi connectivity index (χ0n) is 15.0. The predicted molar refractivity (Wildman–Crippen MR) is 106 cm³/mol. The third-order valence-corrected chi connectivity index (χ3v) is 4.73. The van der Waals surface area contributed by atoms with Crippen molar-refractivity contribution >= 4 is 11.4 Å². The molecule has 0 aliphatic carbocycles. The van der Waals surface area contributed by atoms with Gasteiger partial charge in [0.1, 0.15) is 11.5 Å². The number of nitrogens with zero attached hydrogens (tertiary/aromatic N) is 4. The van der Waals surface area contributed by atoms with E-state index in [-0.39, 0.29) is 0 Å². The van der Waals surface area contributed by atoms with Gasteiger partial charge in [0.05, 0.1) is 11.6 Å². The summed E-state index contributed by atoms with van der Waals surface area (Å²) in [6.07, 6.45) is 3.68. The molecular formula is C22H20N4O. The Kier molecular flexibility index (Phi) is 4.88. The molecule has 1 aromatic heterocycles. The second-order valence-electron chi connectivity index (χ2n) is 6.41. The quantitative estimate of drug-likeness (QED) is 0.705. The molecule has 0 bridgehead atoms. The molecule has 0 atom stereocenters. The maximum absolute atomic E-state index is 8.85. The summed E-state index contributed by atoms with van der Waals surface area (Å²) in [5.41, 5.74) is 3.07. The van der Waals surface area contributed by atoms with E-state index in [1.807, 2.05) is 36.7 Å². The first-order chi connectivity index (χ1) is 13.3. The minimum Gasteiger partial charge on any atom is -0.457 e. The summed E-state index contributed by atoms with van der Waals surface area (Å²) in [6, 6.07) is 21.5. The maximum atomic E-state index is 8.85. The molecule has 1 fully saturated rings. The van der Waals surface area contributed by atoms with E-state index in [2.05, 4.69) is 45.1 Å². The Morgan fingerprint density at radius 2 is 1.19 bits per heavy atom. The number of anilines is 2. The van der Waals surface area contributed by atoms with Gasteiger partial charge in [-0.15, -0.1) is 0 Å². The van der Waals surface area contributed by atoms with Gasteiger partial charge in [-0.3, -0.25) is 4.98 Å². The molecule has 0 unspecified atom stereocenters. The molecule has 1 aliphatic heterocycles. The number of hydrogen-bond acceptors (Lipinski definition) is 5. The summed E-state index contributed by atoms with van der Waals surface area (Å²) in [4.78, 5) is 8.87. The number of rotatable bonds is 4. The van der Waals surface area contributed by atoms with Gasteiger partial charge in [0.15, 0.2) is 0 Å². The molecule has 1 saturated heterocycles. The molecule has 1 aliphatic rings. The first-order valence-corrected chi connectivity index (χ1v) is 9.00. The van der Waals surface area contributed by atoms with Crippen molar-refractivity contribution in [1.29, 1.82) is 5.26 Å². The SMILES string of the molecule is N#Cc1ccc(Oc2ccc(N3CCN(c4ccncc4)CC3)cc2)cc1. The predicted octanol–water partition coefficient (Wildman–Crippen LogP) is 4.07. The summed E-state index contributed by atoms with van der Waals surface area (Å²) in [7, 11) is 0. The molecule has 5 heteroatoms. The highest BCUT2D eigenvalue weighted by Gasteiger charge is 2.17. The van der Waals surface area contributed by atoms with Crippen molar-refractivity contribution in [3.05, 3.63) is 78.6 Å². The summed E-state index contributed by atoms with van der Waals surface area (Å²) in [6.45, 7) is 3.96. The van der Waals surface area contributed by atoms with Gasteiger partial charge >= 0.3 is 0 Å². The van der Waals surface area contributed by atoms with Gasteiger partial charge in [0.25, 0.3) is 0 Å². The van der Waals surface area contributed by atoms with Crippen LogP contribution in [0.4, 0.5) is 11.4 Å². The Morgan fingerprint density at radius 3 is 1.70 bits per heavy atom. The molecule has 27 heavy (non-hydrogen) atoms. The minimum atomic E-state index is 0.628. The van der Waals surface area contributed by atoms with Crippen molar-refractivity contribution in [2.75, 3.05) is 36.0 Å². The maximum Gasteiger partial charge on any atom is 0.127 e. The lowest BCUT2D eigenvalue weighted by Crippen LogP contribution is -2.46. The van der Waals surface area contributed by atoms with Crippen LogP contribution in [0.5, 0.6) is 11.5 Å². The number of ether oxygens (including phenoxy) is 1. The van der Waals surface area contributed by atoms with Gasteiger partial charge in [-0.25, -0.2) is 0 Å². The van der Waals surface area contributed by atoms with Crippen molar-refractivity contribution in [2.24, 2.45) is 0 Å². The van der Waals surface area contributed by atoms with Crippen LogP contribution in [-0.2, 0) is 0 Å². The van der Waals surface area contributed by atoms with E-state index in [1.165, 1.54) is 11.4 Å². The van der Waals surface area contributed by atoms with Crippen molar-refractivity contribution in [3.8, 4) is 17.6 Å². The Bertz CT molecular complexity index is 909. The number of benzene rings is 2. The fourth-order valence-corrected chi connectivity index (χ4v) is 3.24.